The fraction of sp³-hybridized carbons (Fsp3) is 0.391. The fourth-order valence-electron chi connectivity index (χ4n) is 2.92. The Morgan fingerprint density at radius 3 is 2.21 bits per heavy atom. The maximum Gasteiger partial charge on any atom is 0.408 e. The first-order valence-electron chi connectivity index (χ1n) is 9.66. The van der Waals surface area contributed by atoms with Crippen molar-refractivity contribution in [3.05, 3.63) is 65.7 Å². The molecule has 2 aromatic rings. The quantitative estimate of drug-likeness (QED) is 0.739. The van der Waals surface area contributed by atoms with Crippen LogP contribution in [0.15, 0.2) is 54.6 Å². The van der Waals surface area contributed by atoms with Gasteiger partial charge in [-0.2, -0.15) is 0 Å². The number of carbonyl (C=O) groups excluding carboxylic acids is 2. The molecule has 156 valence electrons. The van der Waals surface area contributed by atoms with Crippen LogP contribution in [0.5, 0.6) is 5.75 Å². The molecule has 0 saturated carbocycles. The van der Waals surface area contributed by atoms with E-state index in [0.717, 1.165) is 11.1 Å². The van der Waals surface area contributed by atoms with E-state index in [1.165, 1.54) is 0 Å². The lowest BCUT2D eigenvalue weighted by Crippen LogP contribution is -2.49. The highest BCUT2D eigenvalue weighted by atomic mass is 16.6. The van der Waals surface area contributed by atoms with Gasteiger partial charge >= 0.3 is 6.09 Å². The molecule has 0 heterocycles. The number of alkyl carbamates (subject to hydrolysis) is 1. The zero-order chi connectivity index (χ0) is 21.4. The molecule has 0 aliphatic rings. The number of benzene rings is 2. The maximum atomic E-state index is 13.0. The van der Waals surface area contributed by atoms with E-state index < -0.39 is 17.7 Å². The van der Waals surface area contributed by atoms with Gasteiger partial charge in [0.15, 0.2) is 0 Å². The molecule has 0 spiro atoms. The number of hydrogen-bond acceptors (Lipinski definition) is 4. The Kier molecular flexibility index (Phi) is 7.65. The van der Waals surface area contributed by atoms with Crippen molar-refractivity contribution in [2.24, 2.45) is 0 Å². The van der Waals surface area contributed by atoms with Crippen LogP contribution >= 0.6 is 0 Å². The van der Waals surface area contributed by atoms with Crippen molar-refractivity contribution in [3.63, 3.8) is 0 Å². The summed E-state index contributed by atoms with van der Waals surface area (Å²) in [5.41, 5.74) is 1.15. The van der Waals surface area contributed by atoms with E-state index in [9.17, 15) is 9.59 Å². The summed E-state index contributed by atoms with van der Waals surface area (Å²) in [5.74, 6) is 0.401. The molecule has 6 nitrogen and oxygen atoms in total. The third kappa shape index (κ3) is 7.14. The van der Waals surface area contributed by atoms with Gasteiger partial charge in [0.2, 0.25) is 5.91 Å². The lowest BCUT2D eigenvalue weighted by molar-refractivity contribution is -0.123. The van der Waals surface area contributed by atoms with Gasteiger partial charge in [0.05, 0.1) is 13.2 Å². The summed E-state index contributed by atoms with van der Waals surface area (Å²) in [4.78, 5) is 25.3. The highest BCUT2D eigenvalue weighted by molar-refractivity contribution is 5.86. The Labute approximate surface area is 172 Å². The van der Waals surface area contributed by atoms with Gasteiger partial charge in [-0.25, -0.2) is 4.79 Å². The minimum atomic E-state index is -0.774. The van der Waals surface area contributed by atoms with Crippen LogP contribution in [0.25, 0.3) is 0 Å². The number of para-hydroxylation sites is 1. The molecule has 0 aliphatic heterocycles. The summed E-state index contributed by atoms with van der Waals surface area (Å²) in [7, 11) is 1.59. The van der Waals surface area contributed by atoms with Crippen LogP contribution in [0, 0.1) is 0 Å². The summed E-state index contributed by atoms with van der Waals surface area (Å²) in [6, 6.07) is 16.0. The Hall–Kier alpha value is -3.02. The SMILES string of the molecule is COc1ccccc1C(C)NC(=O)C(Cc1ccccc1)NC(=O)OC(C)(C)C. The highest BCUT2D eigenvalue weighted by Gasteiger charge is 2.26. The topological polar surface area (TPSA) is 76.7 Å². The van der Waals surface area contributed by atoms with Gasteiger partial charge in [0.1, 0.15) is 17.4 Å². The number of rotatable bonds is 7. The molecule has 2 atom stereocenters. The Bertz CT molecular complexity index is 815. The Morgan fingerprint density at radius 1 is 0.966 bits per heavy atom. The van der Waals surface area contributed by atoms with Crippen LogP contribution in [0.4, 0.5) is 4.79 Å². The van der Waals surface area contributed by atoms with Crippen molar-refractivity contribution < 1.29 is 19.1 Å². The van der Waals surface area contributed by atoms with Crippen molar-refractivity contribution in [2.75, 3.05) is 7.11 Å². The second-order valence-electron chi connectivity index (χ2n) is 7.86. The van der Waals surface area contributed by atoms with Crippen LogP contribution in [0.1, 0.15) is 44.9 Å². The first-order chi connectivity index (χ1) is 13.7. The van der Waals surface area contributed by atoms with Gasteiger partial charge in [-0.1, -0.05) is 48.5 Å². The van der Waals surface area contributed by atoms with Crippen molar-refractivity contribution in [3.8, 4) is 5.75 Å². The molecule has 2 amide bonds. The molecule has 2 aromatic carbocycles. The molecule has 0 aromatic heterocycles. The largest absolute Gasteiger partial charge is 0.496 e. The van der Waals surface area contributed by atoms with E-state index in [4.69, 9.17) is 9.47 Å². The lowest BCUT2D eigenvalue weighted by atomic mass is 10.0. The van der Waals surface area contributed by atoms with E-state index in [2.05, 4.69) is 10.6 Å². The molecule has 2 N–H and O–H groups in total. The molecule has 2 rings (SSSR count). The molecule has 6 heteroatoms. The molecular formula is C23H30N2O4. The highest BCUT2D eigenvalue weighted by Crippen LogP contribution is 2.24. The smallest absolute Gasteiger partial charge is 0.408 e. The number of hydrogen-bond donors (Lipinski definition) is 2. The Balaban J connectivity index is 2.15. The van der Waals surface area contributed by atoms with Gasteiger partial charge in [-0.3, -0.25) is 4.79 Å². The van der Waals surface area contributed by atoms with Gasteiger partial charge in [-0.05, 0) is 39.3 Å². The molecular weight excluding hydrogens is 368 g/mol. The first kappa shape index (κ1) is 22.3. The monoisotopic (exact) mass is 398 g/mol. The second-order valence-corrected chi connectivity index (χ2v) is 7.86. The van der Waals surface area contributed by atoms with Gasteiger partial charge < -0.3 is 20.1 Å². The van der Waals surface area contributed by atoms with E-state index >= 15 is 0 Å². The number of amides is 2. The first-order valence-corrected chi connectivity index (χ1v) is 9.66. The summed E-state index contributed by atoms with van der Waals surface area (Å²) in [6.07, 6.45) is -0.275. The fourth-order valence-corrected chi connectivity index (χ4v) is 2.92. The average molecular weight is 399 g/mol. The molecule has 0 radical (unpaired) electrons. The Morgan fingerprint density at radius 2 is 1.59 bits per heavy atom. The van der Waals surface area contributed by atoms with E-state index in [0.29, 0.717) is 12.2 Å². The normalized spacial score (nSPS) is 13.1. The molecule has 0 fully saturated rings. The van der Waals surface area contributed by atoms with E-state index in [1.807, 2.05) is 61.5 Å². The summed E-state index contributed by atoms with van der Waals surface area (Å²) in [5, 5.41) is 5.67. The van der Waals surface area contributed by atoms with Crippen LogP contribution in [0.3, 0.4) is 0 Å². The maximum absolute atomic E-state index is 13.0. The van der Waals surface area contributed by atoms with Crippen LogP contribution in [-0.4, -0.2) is 30.8 Å². The predicted molar refractivity (Wildman–Crippen MR) is 113 cm³/mol. The standard InChI is InChI=1S/C23H30N2O4/c1-16(18-13-9-10-14-20(18)28-5)24-21(26)19(15-17-11-7-6-8-12-17)25-22(27)29-23(2,3)4/h6-14,16,19H,15H2,1-5H3,(H,24,26)(H,25,27). The molecule has 0 bridgehead atoms. The number of carbonyl (C=O) groups is 2. The van der Waals surface area contributed by atoms with Crippen molar-refractivity contribution in [2.45, 2.75) is 51.8 Å². The van der Waals surface area contributed by atoms with Gasteiger partial charge in [0, 0.05) is 12.0 Å². The third-order valence-corrected chi connectivity index (χ3v) is 4.25. The van der Waals surface area contributed by atoms with Crippen molar-refractivity contribution in [1.82, 2.24) is 10.6 Å². The van der Waals surface area contributed by atoms with Crippen molar-refractivity contribution in [1.29, 1.82) is 0 Å². The minimum absolute atomic E-state index is 0.293. The van der Waals surface area contributed by atoms with Crippen LogP contribution in [0.2, 0.25) is 0 Å². The zero-order valence-electron chi connectivity index (χ0n) is 17.7. The number of ether oxygens (including phenoxy) is 2. The summed E-state index contributed by atoms with van der Waals surface area (Å²) >= 11 is 0. The summed E-state index contributed by atoms with van der Waals surface area (Å²) < 4.78 is 10.7. The average Bonchev–Trinajstić information content (AvgIpc) is 2.66. The molecule has 2 unspecified atom stereocenters. The van der Waals surface area contributed by atoms with Gasteiger partial charge in [-0.15, -0.1) is 0 Å². The van der Waals surface area contributed by atoms with Crippen LogP contribution in [-0.2, 0) is 16.0 Å². The molecule has 0 saturated heterocycles. The van der Waals surface area contributed by atoms with Crippen LogP contribution < -0.4 is 15.4 Å². The van der Waals surface area contributed by atoms with E-state index in [1.54, 1.807) is 27.9 Å². The molecule has 0 aliphatic carbocycles. The van der Waals surface area contributed by atoms with Gasteiger partial charge in [0.25, 0.3) is 0 Å². The number of methoxy groups -OCH3 is 1. The van der Waals surface area contributed by atoms with Crippen molar-refractivity contribution >= 4 is 12.0 Å². The number of nitrogens with one attached hydrogen (secondary N) is 2. The molecule has 29 heavy (non-hydrogen) atoms. The third-order valence-electron chi connectivity index (χ3n) is 4.25. The summed E-state index contributed by atoms with van der Waals surface area (Å²) in [6.45, 7) is 7.22. The predicted octanol–water partition coefficient (Wildman–Crippen LogP) is 4.01. The van der Waals surface area contributed by atoms with E-state index in [-0.39, 0.29) is 11.9 Å². The zero-order valence-corrected chi connectivity index (χ0v) is 17.7. The minimum Gasteiger partial charge on any atom is -0.496 e. The second kappa shape index (κ2) is 9.96. The lowest BCUT2D eigenvalue weighted by Gasteiger charge is -2.25.